The van der Waals surface area contributed by atoms with E-state index in [1.807, 2.05) is 0 Å². The molecule has 1 heterocycles. The number of rotatable bonds is 1. The van der Waals surface area contributed by atoms with Crippen molar-refractivity contribution < 1.29 is 28.9 Å². The predicted octanol–water partition coefficient (Wildman–Crippen LogP) is 1.27. The summed E-state index contributed by atoms with van der Waals surface area (Å²) in [4.78, 5) is 23.4. The molecular weight excluding hydrogens is 230 g/mol. The van der Waals surface area contributed by atoms with Crippen LogP contribution in [0.5, 0.6) is 0 Å². The van der Waals surface area contributed by atoms with Gasteiger partial charge in [-0.05, 0) is 20.8 Å². The lowest BCUT2D eigenvalue weighted by molar-refractivity contribution is -0.153. The predicted molar refractivity (Wildman–Crippen MR) is 56.7 cm³/mol. The Balaban J connectivity index is 2.49. The lowest BCUT2D eigenvalue weighted by atomic mass is 10.2. The minimum atomic E-state index is -1.43. The number of morpholine rings is 1. The quantitative estimate of drug-likeness (QED) is 0.702. The molecule has 1 saturated heterocycles. The number of amides is 1. The molecule has 0 aromatic heterocycles. The van der Waals surface area contributed by atoms with Crippen LogP contribution in [-0.4, -0.2) is 53.8 Å². The molecule has 1 aliphatic rings. The Hall–Kier alpha value is -1.50. The minimum absolute atomic E-state index is 0.0429. The summed E-state index contributed by atoms with van der Waals surface area (Å²) in [6.45, 7) is 5.90. The highest BCUT2D eigenvalue weighted by molar-refractivity contribution is 5.68. The molecule has 1 atom stereocenters. The summed E-state index contributed by atoms with van der Waals surface area (Å²) in [6, 6.07) is 0. The highest BCUT2D eigenvalue weighted by Crippen LogP contribution is 2.13. The zero-order valence-corrected chi connectivity index (χ0v) is 10.1. The summed E-state index contributed by atoms with van der Waals surface area (Å²) in [5, 5.41) is 8.44. The molecule has 7 nitrogen and oxygen atoms in total. The maximum Gasteiger partial charge on any atom is 0.508 e. The van der Waals surface area contributed by atoms with Crippen LogP contribution in [0, 0.1) is 0 Å². The lowest BCUT2D eigenvalue weighted by Crippen LogP contribution is -2.48. The molecule has 17 heavy (non-hydrogen) atoms. The molecule has 1 amide bonds. The molecule has 7 heteroatoms. The molecule has 1 aliphatic heterocycles. The topological polar surface area (TPSA) is 85.3 Å². The van der Waals surface area contributed by atoms with E-state index in [1.165, 1.54) is 4.90 Å². The molecule has 0 aliphatic carbocycles. The van der Waals surface area contributed by atoms with Crippen LogP contribution in [0.2, 0.25) is 0 Å². The van der Waals surface area contributed by atoms with Gasteiger partial charge >= 0.3 is 12.2 Å². The third-order valence-electron chi connectivity index (χ3n) is 1.92. The van der Waals surface area contributed by atoms with Gasteiger partial charge in [0.25, 0.3) is 0 Å². The van der Waals surface area contributed by atoms with Crippen LogP contribution >= 0.6 is 0 Å². The van der Waals surface area contributed by atoms with Crippen molar-refractivity contribution in [3.8, 4) is 0 Å². The Kier molecular flexibility index (Phi) is 4.17. The van der Waals surface area contributed by atoms with Crippen molar-refractivity contribution >= 4 is 12.2 Å². The van der Waals surface area contributed by atoms with Crippen molar-refractivity contribution in [3.05, 3.63) is 0 Å². The van der Waals surface area contributed by atoms with Crippen LogP contribution in [0.1, 0.15) is 20.8 Å². The summed E-state index contributed by atoms with van der Waals surface area (Å²) in [5.74, 6) is 0. The Labute approximate surface area is 99.2 Å². The van der Waals surface area contributed by atoms with Gasteiger partial charge in [0.1, 0.15) is 5.60 Å². The Morgan fingerprint density at radius 1 is 1.41 bits per heavy atom. The van der Waals surface area contributed by atoms with Crippen LogP contribution in [-0.2, 0) is 14.2 Å². The first-order chi connectivity index (χ1) is 7.78. The van der Waals surface area contributed by atoms with Gasteiger partial charge in [0, 0.05) is 6.54 Å². The van der Waals surface area contributed by atoms with Gasteiger partial charge in [-0.3, -0.25) is 4.90 Å². The zero-order valence-electron chi connectivity index (χ0n) is 10.1. The van der Waals surface area contributed by atoms with Crippen molar-refractivity contribution in [2.24, 2.45) is 0 Å². The molecule has 1 N–H and O–H groups in total. The first kappa shape index (κ1) is 13.6. The van der Waals surface area contributed by atoms with Crippen LogP contribution in [0.4, 0.5) is 9.59 Å². The Morgan fingerprint density at radius 3 is 2.59 bits per heavy atom. The van der Waals surface area contributed by atoms with E-state index in [2.05, 4.69) is 4.74 Å². The van der Waals surface area contributed by atoms with E-state index >= 15 is 0 Å². The molecule has 0 aromatic rings. The van der Waals surface area contributed by atoms with E-state index in [0.29, 0.717) is 6.54 Å². The molecule has 1 fully saturated rings. The smallest absolute Gasteiger partial charge is 0.450 e. The number of nitrogens with zero attached hydrogens (tertiary/aromatic N) is 1. The normalized spacial score (nSPS) is 20.9. The van der Waals surface area contributed by atoms with Crippen molar-refractivity contribution in [3.63, 3.8) is 0 Å². The summed E-state index contributed by atoms with van der Waals surface area (Å²) >= 11 is 0. The second-order valence-corrected chi connectivity index (χ2v) is 4.61. The molecule has 0 spiro atoms. The fraction of sp³-hybridized carbons (Fsp3) is 0.800. The van der Waals surface area contributed by atoms with Crippen LogP contribution in [0.3, 0.4) is 0 Å². The summed E-state index contributed by atoms with van der Waals surface area (Å²) in [5.41, 5.74) is -0.585. The van der Waals surface area contributed by atoms with E-state index in [0.717, 1.165) is 0 Å². The van der Waals surface area contributed by atoms with Gasteiger partial charge in [-0.2, -0.15) is 0 Å². The number of carbonyl (C=O) groups is 2. The molecule has 0 radical (unpaired) electrons. The number of carboxylic acid groups (broad SMARTS) is 1. The van der Waals surface area contributed by atoms with Crippen molar-refractivity contribution in [1.29, 1.82) is 0 Å². The SMILES string of the molecule is CC(C)(C)OC(=O)N1CCOC(OC(=O)O)C1. The third kappa shape index (κ3) is 4.90. The van der Waals surface area contributed by atoms with E-state index in [9.17, 15) is 9.59 Å². The van der Waals surface area contributed by atoms with Crippen LogP contribution < -0.4 is 0 Å². The fourth-order valence-electron chi connectivity index (χ4n) is 1.29. The van der Waals surface area contributed by atoms with Gasteiger partial charge in [-0.25, -0.2) is 9.59 Å². The Bertz CT molecular complexity index is 298. The number of hydrogen-bond acceptors (Lipinski definition) is 5. The van der Waals surface area contributed by atoms with Crippen LogP contribution in [0.25, 0.3) is 0 Å². The van der Waals surface area contributed by atoms with Crippen LogP contribution in [0.15, 0.2) is 0 Å². The number of carbonyl (C=O) groups excluding carboxylic acids is 1. The first-order valence-electron chi connectivity index (χ1n) is 5.27. The number of ether oxygens (including phenoxy) is 3. The highest BCUT2D eigenvalue weighted by Gasteiger charge is 2.29. The molecule has 0 saturated carbocycles. The summed E-state index contributed by atoms with van der Waals surface area (Å²) in [6.07, 6.45) is -2.88. The molecule has 1 unspecified atom stereocenters. The number of hydrogen-bond donors (Lipinski definition) is 1. The van der Waals surface area contributed by atoms with Gasteiger partial charge in [0.05, 0.1) is 13.2 Å². The first-order valence-corrected chi connectivity index (χ1v) is 5.27. The van der Waals surface area contributed by atoms with Gasteiger partial charge in [-0.15, -0.1) is 0 Å². The van der Waals surface area contributed by atoms with Gasteiger partial charge < -0.3 is 19.3 Å². The minimum Gasteiger partial charge on any atom is -0.450 e. The van der Waals surface area contributed by atoms with Gasteiger partial charge in [0.2, 0.25) is 6.29 Å². The standard InChI is InChI=1S/C10H17NO6/c1-10(2,3)17-8(12)11-4-5-15-7(6-11)16-9(13)14/h7H,4-6H2,1-3H3,(H,13,14). The van der Waals surface area contributed by atoms with Crippen molar-refractivity contribution in [2.75, 3.05) is 19.7 Å². The van der Waals surface area contributed by atoms with E-state index < -0.39 is 24.1 Å². The molecule has 0 bridgehead atoms. The van der Waals surface area contributed by atoms with E-state index in [-0.39, 0.29) is 13.2 Å². The second-order valence-electron chi connectivity index (χ2n) is 4.61. The largest absolute Gasteiger partial charge is 0.508 e. The van der Waals surface area contributed by atoms with Gasteiger partial charge in [-0.1, -0.05) is 0 Å². The third-order valence-corrected chi connectivity index (χ3v) is 1.92. The molecular formula is C10H17NO6. The summed E-state index contributed by atoms with van der Waals surface area (Å²) < 4.78 is 14.7. The van der Waals surface area contributed by atoms with Gasteiger partial charge in [0.15, 0.2) is 0 Å². The monoisotopic (exact) mass is 247 g/mol. The zero-order chi connectivity index (χ0) is 13.1. The second kappa shape index (κ2) is 5.22. The maximum atomic E-state index is 11.7. The highest BCUT2D eigenvalue weighted by atomic mass is 16.8. The molecule has 98 valence electrons. The average molecular weight is 247 g/mol. The molecule has 0 aromatic carbocycles. The maximum absolute atomic E-state index is 11.7. The van der Waals surface area contributed by atoms with E-state index in [1.54, 1.807) is 20.8 Å². The van der Waals surface area contributed by atoms with Crippen molar-refractivity contribution in [2.45, 2.75) is 32.7 Å². The van der Waals surface area contributed by atoms with Crippen molar-refractivity contribution in [1.82, 2.24) is 4.90 Å². The Morgan fingerprint density at radius 2 is 2.06 bits per heavy atom. The molecule has 1 rings (SSSR count). The summed E-state index contributed by atoms with van der Waals surface area (Å²) in [7, 11) is 0. The average Bonchev–Trinajstić information content (AvgIpc) is 2.14. The van der Waals surface area contributed by atoms with E-state index in [4.69, 9.17) is 14.6 Å². The fourth-order valence-corrected chi connectivity index (χ4v) is 1.29. The lowest BCUT2D eigenvalue weighted by Gasteiger charge is -2.33.